The Morgan fingerprint density at radius 2 is 1.95 bits per heavy atom. The van der Waals surface area contributed by atoms with Gasteiger partial charge in [0.2, 0.25) is 0 Å². The van der Waals surface area contributed by atoms with Crippen LogP contribution in [0.4, 0.5) is 0 Å². The molecule has 0 N–H and O–H groups in total. The lowest BCUT2D eigenvalue weighted by molar-refractivity contribution is -0.172. The summed E-state index contributed by atoms with van der Waals surface area (Å²) in [4.78, 5) is 4.07. The van der Waals surface area contributed by atoms with E-state index in [1.807, 2.05) is 55.2 Å². The summed E-state index contributed by atoms with van der Waals surface area (Å²) in [5.41, 5.74) is 1.03. The molecular weight excluding hydrogens is 280 g/mol. The average Bonchev–Trinajstić information content (AvgIpc) is 3.18. The summed E-state index contributed by atoms with van der Waals surface area (Å²) in [6, 6.07) is 7.99. The zero-order valence-corrected chi connectivity index (χ0v) is 13.1. The third kappa shape index (κ3) is 3.31. The van der Waals surface area contributed by atoms with Gasteiger partial charge in [-0.15, -0.1) is 0 Å². The summed E-state index contributed by atoms with van der Waals surface area (Å²) in [5, 5.41) is 0. The summed E-state index contributed by atoms with van der Waals surface area (Å²) in [5.74, 6) is 0.196. The van der Waals surface area contributed by atoms with Gasteiger partial charge in [0.25, 0.3) is 0 Å². The van der Waals surface area contributed by atoms with Crippen molar-refractivity contribution in [2.75, 3.05) is 13.2 Å². The summed E-state index contributed by atoms with van der Waals surface area (Å²) in [6.45, 7) is 6.07. The molecule has 0 amide bonds. The first kappa shape index (κ1) is 15.1. The topological polar surface area (TPSA) is 45.5 Å². The first-order valence-corrected chi connectivity index (χ1v) is 7.69. The number of hydrogen-bond acceptors (Lipinski definition) is 4. The molecule has 0 atom stereocenters. The van der Waals surface area contributed by atoms with Gasteiger partial charge in [-0.1, -0.05) is 0 Å². The van der Waals surface area contributed by atoms with Crippen molar-refractivity contribution in [3.8, 4) is 5.75 Å². The van der Waals surface area contributed by atoms with E-state index >= 15 is 0 Å². The van der Waals surface area contributed by atoms with Crippen LogP contribution in [0.15, 0.2) is 43.0 Å². The summed E-state index contributed by atoms with van der Waals surface area (Å²) in [6.07, 6.45) is 6.44. The van der Waals surface area contributed by atoms with Gasteiger partial charge in [0, 0.05) is 30.9 Å². The molecule has 0 aliphatic carbocycles. The molecule has 5 nitrogen and oxygen atoms in total. The molecule has 1 fully saturated rings. The number of aryl methyl sites for hydroxylation is 1. The second-order valence-electron chi connectivity index (χ2n) is 5.69. The van der Waals surface area contributed by atoms with E-state index in [9.17, 15) is 0 Å². The fourth-order valence-electron chi connectivity index (χ4n) is 2.66. The van der Waals surface area contributed by atoms with Gasteiger partial charge < -0.3 is 18.8 Å². The number of ether oxygens (including phenoxy) is 3. The lowest BCUT2D eigenvalue weighted by atomic mass is 10.0. The lowest BCUT2D eigenvalue weighted by Crippen LogP contribution is -2.28. The third-order valence-corrected chi connectivity index (χ3v) is 3.68. The molecule has 118 valence electrons. The van der Waals surface area contributed by atoms with Crippen LogP contribution in [0, 0.1) is 0 Å². The normalized spacial score (nSPS) is 17.0. The maximum Gasteiger partial charge on any atom is 0.196 e. The molecular formula is C17H22N2O3. The Morgan fingerprint density at radius 1 is 1.23 bits per heavy atom. The van der Waals surface area contributed by atoms with Crippen molar-refractivity contribution in [2.24, 2.45) is 0 Å². The quantitative estimate of drug-likeness (QED) is 0.823. The molecule has 2 heterocycles. The van der Waals surface area contributed by atoms with E-state index in [1.165, 1.54) is 0 Å². The minimum absolute atomic E-state index is 0.167. The number of imidazole rings is 1. The predicted molar refractivity (Wildman–Crippen MR) is 82.6 cm³/mol. The van der Waals surface area contributed by atoms with Crippen LogP contribution in [-0.2, 0) is 21.8 Å². The van der Waals surface area contributed by atoms with Crippen LogP contribution in [0.1, 0.15) is 25.8 Å². The minimum atomic E-state index is -0.666. The molecule has 5 heteroatoms. The van der Waals surface area contributed by atoms with Gasteiger partial charge in [0.15, 0.2) is 5.79 Å². The molecule has 1 aromatic carbocycles. The van der Waals surface area contributed by atoms with E-state index in [4.69, 9.17) is 14.2 Å². The fraction of sp³-hybridized carbons (Fsp3) is 0.471. The average molecular weight is 302 g/mol. The van der Waals surface area contributed by atoms with Crippen molar-refractivity contribution in [3.63, 3.8) is 0 Å². The highest BCUT2D eigenvalue weighted by molar-refractivity contribution is 5.30. The standard InChI is InChI=1S/C17H22N2O3/c1-14(2)22-16-5-3-15(4-6-16)17(20-11-12-21-17)7-9-19-10-8-18-13-19/h3-6,8,10,13-14H,7,9,11-12H2,1-2H3. The van der Waals surface area contributed by atoms with Gasteiger partial charge in [-0.2, -0.15) is 0 Å². The van der Waals surface area contributed by atoms with Crippen molar-refractivity contribution in [1.82, 2.24) is 9.55 Å². The van der Waals surface area contributed by atoms with Crippen molar-refractivity contribution >= 4 is 0 Å². The number of hydrogen-bond donors (Lipinski definition) is 0. The SMILES string of the molecule is CC(C)Oc1ccc(C2(CCn3ccnc3)OCCO2)cc1. The van der Waals surface area contributed by atoms with Crippen LogP contribution < -0.4 is 4.74 Å². The van der Waals surface area contributed by atoms with Crippen LogP contribution in [0.5, 0.6) is 5.75 Å². The van der Waals surface area contributed by atoms with Crippen LogP contribution in [0.3, 0.4) is 0 Å². The van der Waals surface area contributed by atoms with Crippen LogP contribution in [0.25, 0.3) is 0 Å². The Bertz CT molecular complexity index is 572. The van der Waals surface area contributed by atoms with Crippen LogP contribution >= 0.6 is 0 Å². The second kappa shape index (κ2) is 6.50. The fourth-order valence-corrected chi connectivity index (χ4v) is 2.66. The smallest absolute Gasteiger partial charge is 0.196 e. The molecule has 0 radical (unpaired) electrons. The first-order valence-electron chi connectivity index (χ1n) is 7.69. The molecule has 1 aliphatic rings. The molecule has 0 saturated carbocycles. The highest BCUT2D eigenvalue weighted by atomic mass is 16.7. The van der Waals surface area contributed by atoms with Crippen molar-refractivity contribution in [1.29, 1.82) is 0 Å². The summed E-state index contributed by atoms with van der Waals surface area (Å²) < 4.78 is 19.6. The molecule has 2 aromatic rings. The first-order chi connectivity index (χ1) is 10.7. The maximum absolute atomic E-state index is 5.95. The predicted octanol–water partition coefficient (Wildman–Crippen LogP) is 2.96. The Kier molecular flexibility index (Phi) is 4.45. The van der Waals surface area contributed by atoms with E-state index in [0.29, 0.717) is 13.2 Å². The molecule has 1 aliphatic heterocycles. The summed E-state index contributed by atoms with van der Waals surface area (Å²) >= 11 is 0. The van der Waals surface area contributed by atoms with E-state index < -0.39 is 5.79 Å². The van der Waals surface area contributed by atoms with Gasteiger partial charge in [-0.25, -0.2) is 4.98 Å². The van der Waals surface area contributed by atoms with Gasteiger partial charge in [-0.3, -0.25) is 0 Å². The number of benzene rings is 1. The van der Waals surface area contributed by atoms with E-state index in [1.54, 1.807) is 6.20 Å². The van der Waals surface area contributed by atoms with Crippen molar-refractivity contribution in [3.05, 3.63) is 48.5 Å². The largest absolute Gasteiger partial charge is 0.491 e. The molecule has 22 heavy (non-hydrogen) atoms. The number of nitrogens with zero attached hydrogens (tertiary/aromatic N) is 2. The number of rotatable bonds is 6. The molecule has 0 spiro atoms. The van der Waals surface area contributed by atoms with Crippen molar-refractivity contribution < 1.29 is 14.2 Å². The second-order valence-corrected chi connectivity index (χ2v) is 5.69. The molecule has 0 unspecified atom stereocenters. The third-order valence-electron chi connectivity index (χ3n) is 3.68. The Hall–Kier alpha value is -1.85. The maximum atomic E-state index is 5.95. The Morgan fingerprint density at radius 3 is 2.55 bits per heavy atom. The molecule has 0 bridgehead atoms. The van der Waals surface area contributed by atoms with Gasteiger partial charge in [0.1, 0.15) is 5.75 Å². The highest BCUT2D eigenvalue weighted by Gasteiger charge is 2.38. The molecule has 1 aromatic heterocycles. The molecule has 1 saturated heterocycles. The van der Waals surface area contributed by atoms with E-state index in [0.717, 1.165) is 24.3 Å². The Balaban J connectivity index is 1.75. The zero-order valence-electron chi connectivity index (χ0n) is 13.1. The van der Waals surface area contributed by atoms with Gasteiger partial charge in [-0.05, 0) is 38.1 Å². The monoisotopic (exact) mass is 302 g/mol. The van der Waals surface area contributed by atoms with E-state index in [-0.39, 0.29) is 6.10 Å². The number of aromatic nitrogens is 2. The van der Waals surface area contributed by atoms with Gasteiger partial charge >= 0.3 is 0 Å². The van der Waals surface area contributed by atoms with E-state index in [2.05, 4.69) is 4.98 Å². The van der Waals surface area contributed by atoms with Crippen molar-refractivity contribution in [2.45, 2.75) is 38.7 Å². The van der Waals surface area contributed by atoms with Crippen LogP contribution in [0.2, 0.25) is 0 Å². The lowest BCUT2D eigenvalue weighted by Gasteiger charge is -2.28. The zero-order chi connectivity index (χ0) is 15.4. The summed E-state index contributed by atoms with van der Waals surface area (Å²) in [7, 11) is 0. The van der Waals surface area contributed by atoms with Crippen LogP contribution in [-0.4, -0.2) is 28.9 Å². The minimum Gasteiger partial charge on any atom is -0.491 e. The molecule has 3 rings (SSSR count). The Labute approximate surface area is 130 Å². The highest BCUT2D eigenvalue weighted by Crippen LogP contribution is 2.36. The van der Waals surface area contributed by atoms with Gasteiger partial charge in [0.05, 0.1) is 25.6 Å².